The summed E-state index contributed by atoms with van der Waals surface area (Å²) in [6, 6.07) is 3.87. The van der Waals surface area contributed by atoms with E-state index in [1.807, 2.05) is 19.2 Å². The van der Waals surface area contributed by atoms with Crippen LogP contribution in [0.25, 0.3) is 0 Å². The second-order valence-electron chi connectivity index (χ2n) is 5.32. The molecule has 1 N–H and O–H groups in total. The van der Waals surface area contributed by atoms with Crippen molar-refractivity contribution in [2.24, 2.45) is 5.92 Å². The van der Waals surface area contributed by atoms with Gasteiger partial charge in [0, 0.05) is 6.54 Å². The Balaban J connectivity index is 1.68. The number of likely N-dealkylation sites (N-methyl/N-ethyl adjacent to an activating group) is 1. The maximum atomic E-state index is 10.0. The van der Waals surface area contributed by atoms with Gasteiger partial charge in [0.25, 0.3) is 0 Å². The van der Waals surface area contributed by atoms with E-state index in [1.165, 1.54) is 25.7 Å². The van der Waals surface area contributed by atoms with E-state index in [1.54, 1.807) is 6.26 Å². The summed E-state index contributed by atoms with van der Waals surface area (Å²) in [5.74, 6) is 1.71. The van der Waals surface area contributed by atoms with Crippen LogP contribution in [0.2, 0.25) is 0 Å². The van der Waals surface area contributed by atoms with Crippen LogP contribution in [0.4, 0.5) is 0 Å². The normalized spacial score (nSPS) is 19.0. The molecule has 3 nitrogen and oxygen atoms in total. The number of rotatable bonds is 6. The molecular formula is C14H23NO2. The fraction of sp³-hybridized carbons (Fsp3) is 0.714. The lowest BCUT2D eigenvalue weighted by Gasteiger charge is -2.21. The molecule has 0 saturated heterocycles. The van der Waals surface area contributed by atoms with Gasteiger partial charge in [-0.2, -0.15) is 0 Å². The van der Waals surface area contributed by atoms with Crippen LogP contribution in [0, 0.1) is 5.92 Å². The van der Waals surface area contributed by atoms with Gasteiger partial charge in [-0.1, -0.05) is 25.7 Å². The van der Waals surface area contributed by atoms with Gasteiger partial charge >= 0.3 is 0 Å². The van der Waals surface area contributed by atoms with Crippen molar-refractivity contribution in [3.63, 3.8) is 0 Å². The maximum absolute atomic E-state index is 10.0. The molecule has 0 amide bonds. The van der Waals surface area contributed by atoms with E-state index in [4.69, 9.17) is 4.42 Å². The van der Waals surface area contributed by atoms with Crippen LogP contribution in [0.15, 0.2) is 22.8 Å². The zero-order valence-electron chi connectivity index (χ0n) is 10.6. The molecular weight excluding hydrogens is 214 g/mol. The molecule has 3 heteroatoms. The first-order valence-electron chi connectivity index (χ1n) is 6.63. The number of hydrogen-bond acceptors (Lipinski definition) is 3. The Morgan fingerprint density at radius 1 is 1.47 bits per heavy atom. The van der Waals surface area contributed by atoms with E-state index in [-0.39, 0.29) is 6.10 Å². The first kappa shape index (κ1) is 12.7. The maximum Gasteiger partial charge on any atom is 0.117 e. The quantitative estimate of drug-likeness (QED) is 0.826. The number of hydrogen-bond donors (Lipinski definition) is 1. The van der Waals surface area contributed by atoms with Gasteiger partial charge in [0.05, 0.1) is 18.9 Å². The summed E-state index contributed by atoms with van der Waals surface area (Å²) in [5.41, 5.74) is 0. The van der Waals surface area contributed by atoms with Gasteiger partial charge in [0.1, 0.15) is 5.76 Å². The molecule has 1 aromatic heterocycles. The zero-order valence-corrected chi connectivity index (χ0v) is 10.6. The molecule has 0 aromatic carbocycles. The molecule has 0 bridgehead atoms. The summed E-state index contributed by atoms with van der Waals surface area (Å²) in [7, 11) is 2.03. The molecule has 1 heterocycles. The lowest BCUT2D eigenvalue weighted by Crippen LogP contribution is -2.29. The molecule has 2 rings (SSSR count). The first-order valence-corrected chi connectivity index (χ1v) is 6.63. The fourth-order valence-corrected chi connectivity index (χ4v) is 2.80. The molecule has 1 aliphatic carbocycles. The Bertz CT molecular complexity index is 304. The van der Waals surface area contributed by atoms with Crippen molar-refractivity contribution in [1.82, 2.24) is 4.90 Å². The summed E-state index contributed by atoms with van der Waals surface area (Å²) < 4.78 is 5.30. The third kappa shape index (κ3) is 4.17. The first-order chi connectivity index (χ1) is 8.24. The Kier molecular flexibility index (Phi) is 4.63. The largest absolute Gasteiger partial charge is 0.468 e. The molecule has 1 aliphatic rings. The Morgan fingerprint density at radius 3 is 2.88 bits per heavy atom. The molecule has 1 fully saturated rings. The molecule has 0 radical (unpaired) electrons. The van der Waals surface area contributed by atoms with Gasteiger partial charge in [0.2, 0.25) is 0 Å². The SMILES string of the molecule is CN(Cc1ccco1)CC(O)CC1CCCC1. The Morgan fingerprint density at radius 2 is 2.24 bits per heavy atom. The van der Waals surface area contributed by atoms with Crippen molar-refractivity contribution in [2.45, 2.75) is 44.8 Å². The monoisotopic (exact) mass is 237 g/mol. The second-order valence-corrected chi connectivity index (χ2v) is 5.32. The van der Waals surface area contributed by atoms with Crippen molar-refractivity contribution in [1.29, 1.82) is 0 Å². The predicted molar refractivity (Wildman–Crippen MR) is 67.6 cm³/mol. The van der Waals surface area contributed by atoms with Gasteiger partial charge in [-0.15, -0.1) is 0 Å². The summed E-state index contributed by atoms with van der Waals surface area (Å²) in [5, 5.41) is 10.0. The van der Waals surface area contributed by atoms with Crippen molar-refractivity contribution in [3.8, 4) is 0 Å². The molecule has 0 spiro atoms. The van der Waals surface area contributed by atoms with Crippen LogP contribution < -0.4 is 0 Å². The topological polar surface area (TPSA) is 36.6 Å². The highest BCUT2D eigenvalue weighted by molar-refractivity contribution is 4.97. The lowest BCUT2D eigenvalue weighted by atomic mass is 10.00. The molecule has 0 aliphatic heterocycles. The van der Waals surface area contributed by atoms with Crippen LogP contribution in [-0.2, 0) is 6.54 Å². The predicted octanol–water partition coefficient (Wildman–Crippen LogP) is 2.65. The van der Waals surface area contributed by atoms with E-state index in [9.17, 15) is 5.11 Å². The number of aliphatic hydroxyl groups is 1. The van der Waals surface area contributed by atoms with Gasteiger partial charge in [0.15, 0.2) is 0 Å². The van der Waals surface area contributed by atoms with Crippen molar-refractivity contribution < 1.29 is 9.52 Å². The van der Waals surface area contributed by atoms with E-state index in [2.05, 4.69) is 4.90 Å². The Labute approximate surface area is 103 Å². The fourth-order valence-electron chi connectivity index (χ4n) is 2.80. The van der Waals surface area contributed by atoms with Crippen LogP contribution in [0.3, 0.4) is 0 Å². The smallest absolute Gasteiger partial charge is 0.117 e. The van der Waals surface area contributed by atoms with E-state index in [0.29, 0.717) is 0 Å². The molecule has 96 valence electrons. The summed E-state index contributed by atoms with van der Waals surface area (Å²) in [6.07, 6.45) is 7.76. The average molecular weight is 237 g/mol. The average Bonchev–Trinajstić information content (AvgIpc) is 2.90. The molecule has 17 heavy (non-hydrogen) atoms. The number of nitrogens with zero attached hydrogens (tertiary/aromatic N) is 1. The van der Waals surface area contributed by atoms with Gasteiger partial charge < -0.3 is 9.52 Å². The van der Waals surface area contributed by atoms with Crippen molar-refractivity contribution >= 4 is 0 Å². The van der Waals surface area contributed by atoms with Gasteiger partial charge in [-0.25, -0.2) is 0 Å². The molecule has 1 saturated carbocycles. The Hall–Kier alpha value is -0.800. The number of furan rings is 1. The summed E-state index contributed by atoms with van der Waals surface area (Å²) in [4.78, 5) is 2.12. The third-order valence-electron chi connectivity index (χ3n) is 3.61. The van der Waals surface area contributed by atoms with E-state index < -0.39 is 0 Å². The summed E-state index contributed by atoms with van der Waals surface area (Å²) in [6.45, 7) is 1.51. The lowest BCUT2D eigenvalue weighted by molar-refractivity contribution is 0.0968. The molecule has 1 atom stereocenters. The second kappa shape index (κ2) is 6.22. The van der Waals surface area contributed by atoms with E-state index in [0.717, 1.165) is 31.2 Å². The third-order valence-corrected chi connectivity index (χ3v) is 3.61. The van der Waals surface area contributed by atoms with Crippen LogP contribution in [-0.4, -0.2) is 29.7 Å². The summed E-state index contributed by atoms with van der Waals surface area (Å²) >= 11 is 0. The minimum atomic E-state index is -0.196. The van der Waals surface area contributed by atoms with Crippen LogP contribution in [0.1, 0.15) is 37.9 Å². The highest BCUT2D eigenvalue weighted by atomic mass is 16.3. The molecule has 1 unspecified atom stereocenters. The van der Waals surface area contributed by atoms with E-state index >= 15 is 0 Å². The van der Waals surface area contributed by atoms with Crippen molar-refractivity contribution in [3.05, 3.63) is 24.2 Å². The molecule has 1 aromatic rings. The minimum absolute atomic E-state index is 0.196. The van der Waals surface area contributed by atoms with Gasteiger partial charge in [-0.05, 0) is 31.5 Å². The highest BCUT2D eigenvalue weighted by Crippen LogP contribution is 2.28. The standard InChI is InChI=1S/C14H23NO2/c1-15(11-14-7-4-8-17-14)10-13(16)9-12-5-2-3-6-12/h4,7-8,12-13,16H,2-3,5-6,9-11H2,1H3. The minimum Gasteiger partial charge on any atom is -0.468 e. The van der Waals surface area contributed by atoms with Gasteiger partial charge in [-0.3, -0.25) is 4.90 Å². The van der Waals surface area contributed by atoms with Crippen LogP contribution in [0.5, 0.6) is 0 Å². The van der Waals surface area contributed by atoms with Crippen molar-refractivity contribution in [2.75, 3.05) is 13.6 Å². The number of aliphatic hydroxyl groups excluding tert-OH is 1. The highest BCUT2D eigenvalue weighted by Gasteiger charge is 2.19. The zero-order chi connectivity index (χ0) is 12.1. The van der Waals surface area contributed by atoms with Crippen LogP contribution >= 0.6 is 0 Å².